The maximum absolute atomic E-state index is 6.26. The highest BCUT2D eigenvalue weighted by molar-refractivity contribution is 7.99. The lowest BCUT2D eigenvalue weighted by Crippen LogP contribution is -2.42. The molecule has 16 heavy (non-hydrogen) atoms. The van der Waals surface area contributed by atoms with E-state index in [0.717, 1.165) is 30.5 Å². The smallest absolute Gasteiger partial charge is 0.0816 e. The molecule has 1 aliphatic heterocycles. The molecule has 0 aliphatic carbocycles. The van der Waals surface area contributed by atoms with Crippen LogP contribution in [0.3, 0.4) is 0 Å². The van der Waals surface area contributed by atoms with E-state index in [1.807, 2.05) is 11.8 Å². The standard InChI is InChI=1S/C13H27NOS/c1-3-5-6-11(4-2)9-12(14)13-10-16-8-7-15-13/h11-13H,3-10,14H2,1-2H3. The van der Waals surface area contributed by atoms with Crippen LogP contribution in [-0.4, -0.2) is 30.3 Å². The van der Waals surface area contributed by atoms with Gasteiger partial charge in [-0.05, 0) is 12.3 Å². The summed E-state index contributed by atoms with van der Waals surface area (Å²) in [5.74, 6) is 3.02. The molecule has 1 heterocycles. The molecule has 1 aliphatic rings. The highest BCUT2D eigenvalue weighted by Crippen LogP contribution is 2.22. The maximum atomic E-state index is 6.26. The Hall–Kier alpha value is 0.270. The van der Waals surface area contributed by atoms with Gasteiger partial charge in [0.05, 0.1) is 12.7 Å². The lowest BCUT2D eigenvalue weighted by atomic mass is 9.90. The third-order valence-electron chi connectivity index (χ3n) is 3.47. The topological polar surface area (TPSA) is 35.2 Å². The average Bonchev–Trinajstić information content (AvgIpc) is 2.35. The van der Waals surface area contributed by atoms with Crippen LogP contribution in [0.4, 0.5) is 0 Å². The van der Waals surface area contributed by atoms with Crippen molar-refractivity contribution in [1.82, 2.24) is 0 Å². The highest BCUT2D eigenvalue weighted by atomic mass is 32.2. The monoisotopic (exact) mass is 245 g/mol. The first-order valence-corrected chi connectivity index (χ1v) is 7.88. The maximum Gasteiger partial charge on any atom is 0.0816 e. The van der Waals surface area contributed by atoms with Gasteiger partial charge in [-0.3, -0.25) is 0 Å². The molecule has 3 atom stereocenters. The summed E-state index contributed by atoms with van der Waals surface area (Å²) >= 11 is 1.98. The van der Waals surface area contributed by atoms with Crippen molar-refractivity contribution in [3.8, 4) is 0 Å². The van der Waals surface area contributed by atoms with E-state index in [-0.39, 0.29) is 6.04 Å². The predicted octanol–water partition coefficient (Wildman–Crippen LogP) is 3.05. The van der Waals surface area contributed by atoms with Crippen LogP contribution in [0, 0.1) is 5.92 Å². The fourth-order valence-corrected chi connectivity index (χ4v) is 3.23. The summed E-state index contributed by atoms with van der Waals surface area (Å²) in [5.41, 5.74) is 6.26. The molecule has 0 aromatic rings. The predicted molar refractivity (Wildman–Crippen MR) is 73.0 cm³/mol. The van der Waals surface area contributed by atoms with Gasteiger partial charge in [0.25, 0.3) is 0 Å². The Balaban J connectivity index is 2.26. The number of hydrogen-bond donors (Lipinski definition) is 1. The zero-order valence-electron chi connectivity index (χ0n) is 10.8. The molecular weight excluding hydrogens is 218 g/mol. The van der Waals surface area contributed by atoms with E-state index in [9.17, 15) is 0 Å². The van der Waals surface area contributed by atoms with Crippen molar-refractivity contribution in [2.24, 2.45) is 11.7 Å². The molecule has 3 unspecified atom stereocenters. The molecule has 0 bridgehead atoms. The quantitative estimate of drug-likeness (QED) is 0.749. The first-order valence-electron chi connectivity index (χ1n) is 6.72. The van der Waals surface area contributed by atoms with Gasteiger partial charge in [0.2, 0.25) is 0 Å². The Morgan fingerprint density at radius 3 is 2.81 bits per heavy atom. The third kappa shape index (κ3) is 5.07. The molecular formula is C13H27NOS. The molecule has 2 nitrogen and oxygen atoms in total. The van der Waals surface area contributed by atoms with Crippen molar-refractivity contribution >= 4 is 11.8 Å². The minimum Gasteiger partial charge on any atom is -0.375 e. The van der Waals surface area contributed by atoms with Gasteiger partial charge in [-0.25, -0.2) is 0 Å². The molecule has 0 spiro atoms. The van der Waals surface area contributed by atoms with E-state index in [1.165, 1.54) is 25.7 Å². The minimum absolute atomic E-state index is 0.245. The van der Waals surface area contributed by atoms with E-state index in [2.05, 4.69) is 13.8 Å². The Morgan fingerprint density at radius 2 is 2.25 bits per heavy atom. The number of hydrogen-bond acceptors (Lipinski definition) is 3. The zero-order valence-corrected chi connectivity index (χ0v) is 11.6. The van der Waals surface area contributed by atoms with E-state index < -0.39 is 0 Å². The van der Waals surface area contributed by atoms with Gasteiger partial charge >= 0.3 is 0 Å². The van der Waals surface area contributed by atoms with Gasteiger partial charge in [0.1, 0.15) is 0 Å². The van der Waals surface area contributed by atoms with Gasteiger partial charge in [0.15, 0.2) is 0 Å². The van der Waals surface area contributed by atoms with Crippen LogP contribution in [0.15, 0.2) is 0 Å². The molecule has 0 radical (unpaired) electrons. The summed E-state index contributed by atoms with van der Waals surface area (Å²) in [6.07, 6.45) is 6.66. The van der Waals surface area contributed by atoms with Crippen molar-refractivity contribution in [2.75, 3.05) is 18.1 Å². The average molecular weight is 245 g/mol. The van der Waals surface area contributed by atoms with Gasteiger partial charge < -0.3 is 10.5 Å². The van der Waals surface area contributed by atoms with Gasteiger partial charge in [-0.15, -0.1) is 0 Å². The summed E-state index contributed by atoms with van der Waals surface area (Å²) < 4.78 is 5.74. The van der Waals surface area contributed by atoms with Gasteiger partial charge in [-0.1, -0.05) is 39.5 Å². The van der Waals surface area contributed by atoms with E-state index in [0.29, 0.717) is 6.10 Å². The van der Waals surface area contributed by atoms with Crippen LogP contribution < -0.4 is 5.73 Å². The minimum atomic E-state index is 0.245. The Morgan fingerprint density at radius 1 is 1.44 bits per heavy atom. The molecule has 1 saturated heterocycles. The van der Waals surface area contributed by atoms with Crippen molar-refractivity contribution in [3.05, 3.63) is 0 Å². The number of thioether (sulfide) groups is 1. The zero-order chi connectivity index (χ0) is 11.8. The lowest BCUT2D eigenvalue weighted by molar-refractivity contribution is 0.0502. The number of unbranched alkanes of at least 4 members (excludes halogenated alkanes) is 1. The fraction of sp³-hybridized carbons (Fsp3) is 1.00. The molecule has 2 N–H and O–H groups in total. The highest BCUT2D eigenvalue weighted by Gasteiger charge is 2.23. The van der Waals surface area contributed by atoms with E-state index >= 15 is 0 Å². The molecule has 0 saturated carbocycles. The van der Waals surface area contributed by atoms with Crippen LogP contribution in [0.5, 0.6) is 0 Å². The molecule has 0 amide bonds. The van der Waals surface area contributed by atoms with Gasteiger partial charge in [0, 0.05) is 17.5 Å². The van der Waals surface area contributed by atoms with Crippen molar-refractivity contribution in [3.63, 3.8) is 0 Å². The summed E-state index contributed by atoms with van der Waals surface area (Å²) in [7, 11) is 0. The second-order valence-electron chi connectivity index (χ2n) is 4.80. The number of ether oxygens (including phenoxy) is 1. The van der Waals surface area contributed by atoms with Crippen LogP contribution in [0.25, 0.3) is 0 Å². The van der Waals surface area contributed by atoms with Gasteiger partial charge in [-0.2, -0.15) is 11.8 Å². The summed E-state index contributed by atoms with van der Waals surface area (Å²) in [6.45, 7) is 5.42. The van der Waals surface area contributed by atoms with Crippen molar-refractivity contribution in [1.29, 1.82) is 0 Å². The molecule has 0 aromatic carbocycles. The van der Waals surface area contributed by atoms with Crippen LogP contribution in [0.1, 0.15) is 46.0 Å². The lowest BCUT2D eigenvalue weighted by Gasteiger charge is -2.30. The van der Waals surface area contributed by atoms with E-state index in [4.69, 9.17) is 10.5 Å². The number of nitrogens with two attached hydrogens (primary N) is 1. The SMILES string of the molecule is CCCCC(CC)CC(N)C1CSCCO1. The molecule has 1 rings (SSSR count). The molecule has 96 valence electrons. The second kappa shape index (κ2) is 8.37. The third-order valence-corrected chi connectivity index (χ3v) is 4.49. The van der Waals surface area contributed by atoms with Crippen LogP contribution in [-0.2, 0) is 4.74 Å². The number of rotatable bonds is 7. The second-order valence-corrected chi connectivity index (χ2v) is 5.95. The normalized spacial score (nSPS) is 25.3. The van der Waals surface area contributed by atoms with Crippen LogP contribution >= 0.6 is 11.8 Å². The Bertz CT molecular complexity index is 171. The Labute approximate surface area is 105 Å². The summed E-state index contributed by atoms with van der Waals surface area (Å²) in [6, 6.07) is 0.245. The van der Waals surface area contributed by atoms with E-state index in [1.54, 1.807) is 0 Å². The first-order chi connectivity index (χ1) is 7.77. The van der Waals surface area contributed by atoms with Crippen molar-refractivity contribution < 1.29 is 4.74 Å². The fourth-order valence-electron chi connectivity index (χ4n) is 2.27. The molecule has 0 aromatic heterocycles. The Kier molecular flexibility index (Phi) is 7.50. The summed E-state index contributed by atoms with van der Waals surface area (Å²) in [5, 5.41) is 0. The van der Waals surface area contributed by atoms with Crippen molar-refractivity contribution in [2.45, 2.75) is 58.1 Å². The largest absolute Gasteiger partial charge is 0.375 e. The molecule has 3 heteroatoms. The summed E-state index contributed by atoms with van der Waals surface area (Å²) in [4.78, 5) is 0. The van der Waals surface area contributed by atoms with Crippen LogP contribution in [0.2, 0.25) is 0 Å². The molecule has 1 fully saturated rings. The first kappa shape index (κ1) is 14.3.